The van der Waals surface area contributed by atoms with Gasteiger partial charge in [0.15, 0.2) is 0 Å². The van der Waals surface area contributed by atoms with E-state index in [2.05, 4.69) is 5.32 Å². The molecule has 0 aliphatic rings. The van der Waals surface area contributed by atoms with Crippen molar-refractivity contribution in [3.05, 3.63) is 34.7 Å². The lowest BCUT2D eigenvalue weighted by molar-refractivity contribution is -0.143. The predicted octanol–water partition coefficient (Wildman–Crippen LogP) is 1.44. The number of rotatable bonds is 7. The minimum Gasteiger partial charge on any atom is -0.480 e. The minimum absolute atomic E-state index is 0.194. The number of fused-ring (bicyclic) bond motifs is 1. The van der Waals surface area contributed by atoms with E-state index < -0.39 is 17.9 Å². The maximum Gasteiger partial charge on any atom is 0.329 e. The van der Waals surface area contributed by atoms with Crippen LogP contribution < -0.4 is 11.0 Å². The third-order valence-corrected chi connectivity index (χ3v) is 4.34. The van der Waals surface area contributed by atoms with E-state index in [-0.39, 0.29) is 18.2 Å². The van der Waals surface area contributed by atoms with Crippen LogP contribution in [0.2, 0.25) is 0 Å². The number of amides is 1. The van der Waals surface area contributed by atoms with Crippen molar-refractivity contribution < 1.29 is 14.7 Å². The number of aromatic nitrogens is 2. The Morgan fingerprint density at radius 3 is 2.25 bits per heavy atom. The average molecular weight is 333 g/mol. The van der Waals surface area contributed by atoms with Crippen LogP contribution in [0.5, 0.6) is 0 Å². The van der Waals surface area contributed by atoms with Crippen LogP contribution in [0.1, 0.15) is 27.2 Å². The number of imidazole rings is 1. The molecule has 0 saturated carbocycles. The van der Waals surface area contributed by atoms with Crippen molar-refractivity contribution in [3.63, 3.8) is 0 Å². The molecule has 0 aliphatic carbocycles. The molecule has 2 unspecified atom stereocenters. The van der Waals surface area contributed by atoms with Gasteiger partial charge in [0.05, 0.1) is 11.0 Å². The smallest absolute Gasteiger partial charge is 0.329 e. The Kier molecular flexibility index (Phi) is 5.43. The zero-order chi connectivity index (χ0) is 17.9. The number of aryl methyl sites for hydroxylation is 1. The Morgan fingerprint density at radius 2 is 1.75 bits per heavy atom. The number of para-hydroxylation sites is 2. The molecule has 1 heterocycles. The number of carbonyl (C=O) groups excluding carboxylic acids is 1. The summed E-state index contributed by atoms with van der Waals surface area (Å²) in [5.74, 6) is -1.75. The van der Waals surface area contributed by atoms with Gasteiger partial charge in [0.25, 0.3) is 0 Å². The molecule has 1 amide bonds. The molecule has 0 aliphatic heterocycles. The molecule has 130 valence electrons. The number of hydrogen-bond acceptors (Lipinski definition) is 3. The summed E-state index contributed by atoms with van der Waals surface area (Å²) in [6.07, 6.45) is 0.631. The van der Waals surface area contributed by atoms with E-state index in [0.717, 1.165) is 5.52 Å². The van der Waals surface area contributed by atoms with Gasteiger partial charge in [-0.25, -0.2) is 9.59 Å². The lowest BCUT2D eigenvalue weighted by atomic mass is 9.99. The first-order chi connectivity index (χ1) is 11.4. The summed E-state index contributed by atoms with van der Waals surface area (Å²) in [7, 11) is 0. The highest BCUT2D eigenvalue weighted by Crippen LogP contribution is 2.13. The fraction of sp³-hybridized carbons (Fsp3) is 0.471. The van der Waals surface area contributed by atoms with Crippen LogP contribution in [0, 0.1) is 5.92 Å². The number of carboxylic acid groups (broad SMARTS) is 1. The molecule has 0 saturated heterocycles. The number of hydrogen-bond donors (Lipinski definition) is 2. The quantitative estimate of drug-likeness (QED) is 0.802. The van der Waals surface area contributed by atoms with Crippen LogP contribution >= 0.6 is 0 Å². The molecule has 2 atom stereocenters. The lowest BCUT2D eigenvalue weighted by Gasteiger charge is -2.20. The zero-order valence-corrected chi connectivity index (χ0v) is 14.2. The Morgan fingerprint density at radius 1 is 1.17 bits per heavy atom. The largest absolute Gasteiger partial charge is 0.480 e. The molecule has 2 rings (SSSR count). The number of nitrogens with zero attached hydrogens (tertiary/aromatic N) is 2. The summed E-state index contributed by atoms with van der Waals surface area (Å²) in [5.41, 5.74) is 1.15. The van der Waals surface area contributed by atoms with Gasteiger partial charge >= 0.3 is 11.7 Å². The van der Waals surface area contributed by atoms with E-state index in [1.54, 1.807) is 23.6 Å². The van der Waals surface area contributed by atoms with Crippen molar-refractivity contribution in [3.8, 4) is 0 Å². The van der Waals surface area contributed by atoms with E-state index in [0.29, 0.717) is 18.5 Å². The van der Waals surface area contributed by atoms with E-state index in [9.17, 15) is 19.5 Å². The van der Waals surface area contributed by atoms with Crippen LogP contribution in [0.25, 0.3) is 11.0 Å². The molecular weight excluding hydrogens is 310 g/mol. The van der Waals surface area contributed by atoms with Crippen LogP contribution in [0.4, 0.5) is 0 Å². The van der Waals surface area contributed by atoms with Gasteiger partial charge in [0.1, 0.15) is 12.6 Å². The third kappa shape index (κ3) is 3.34. The summed E-state index contributed by atoms with van der Waals surface area (Å²) in [6.45, 7) is 5.80. The van der Waals surface area contributed by atoms with Gasteiger partial charge < -0.3 is 10.4 Å². The van der Waals surface area contributed by atoms with E-state index in [1.165, 1.54) is 4.57 Å². The zero-order valence-electron chi connectivity index (χ0n) is 14.2. The van der Waals surface area contributed by atoms with Gasteiger partial charge in [0, 0.05) is 6.54 Å². The maximum absolute atomic E-state index is 12.5. The molecular formula is C17H23N3O4. The first kappa shape index (κ1) is 17.8. The summed E-state index contributed by atoms with van der Waals surface area (Å²) in [4.78, 5) is 36.1. The number of nitrogens with one attached hydrogen (secondary N) is 1. The SMILES string of the molecule is CCC(C)C(NC(=O)Cn1c(=O)n(CC)c2ccccc21)C(=O)O. The number of carboxylic acids is 1. The van der Waals surface area contributed by atoms with Gasteiger partial charge in [-0.3, -0.25) is 13.9 Å². The average Bonchev–Trinajstić information content (AvgIpc) is 2.83. The fourth-order valence-corrected chi connectivity index (χ4v) is 2.78. The molecule has 0 radical (unpaired) electrons. The summed E-state index contributed by atoms with van der Waals surface area (Å²) in [5, 5.41) is 11.8. The van der Waals surface area contributed by atoms with Gasteiger partial charge in [-0.15, -0.1) is 0 Å². The Balaban J connectivity index is 2.30. The molecule has 2 N–H and O–H groups in total. The van der Waals surface area contributed by atoms with Crippen LogP contribution in [0.3, 0.4) is 0 Å². The van der Waals surface area contributed by atoms with Crippen molar-refractivity contribution in [2.45, 2.75) is 46.3 Å². The Hall–Kier alpha value is -2.57. The van der Waals surface area contributed by atoms with Crippen molar-refractivity contribution in [1.82, 2.24) is 14.5 Å². The molecule has 24 heavy (non-hydrogen) atoms. The molecule has 0 fully saturated rings. The standard InChI is InChI=1S/C17H23N3O4/c1-4-11(3)15(16(22)23)18-14(21)10-20-13-9-7-6-8-12(13)19(5-2)17(20)24/h6-9,11,15H,4-5,10H2,1-3H3,(H,18,21)(H,22,23). The Labute approximate surface area is 139 Å². The topological polar surface area (TPSA) is 93.3 Å². The second-order valence-corrected chi connectivity index (χ2v) is 5.87. The minimum atomic E-state index is -1.07. The second kappa shape index (κ2) is 7.33. The summed E-state index contributed by atoms with van der Waals surface area (Å²) < 4.78 is 2.97. The second-order valence-electron chi connectivity index (χ2n) is 5.87. The predicted molar refractivity (Wildman–Crippen MR) is 90.9 cm³/mol. The molecule has 2 aromatic rings. The van der Waals surface area contributed by atoms with E-state index in [1.807, 2.05) is 26.0 Å². The molecule has 0 bridgehead atoms. The first-order valence-corrected chi connectivity index (χ1v) is 8.10. The molecule has 1 aromatic heterocycles. The van der Waals surface area contributed by atoms with E-state index >= 15 is 0 Å². The van der Waals surface area contributed by atoms with E-state index in [4.69, 9.17) is 0 Å². The first-order valence-electron chi connectivity index (χ1n) is 8.10. The third-order valence-electron chi connectivity index (χ3n) is 4.34. The summed E-state index contributed by atoms with van der Waals surface area (Å²) >= 11 is 0. The maximum atomic E-state index is 12.5. The molecule has 7 heteroatoms. The highest BCUT2D eigenvalue weighted by Gasteiger charge is 2.26. The molecule has 0 spiro atoms. The normalized spacial score (nSPS) is 13.6. The number of aliphatic carboxylic acids is 1. The van der Waals surface area contributed by atoms with Crippen molar-refractivity contribution in [1.29, 1.82) is 0 Å². The van der Waals surface area contributed by atoms with Crippen molar-refractivity contribution >= 4 is 22.9 Å². The van der Waals surface area contributed by atoms with Crippen molar-refractivity contribution in [2.24, 2.45) is 5.92 Å². The molecule has 7 nitrogen and oxygen atoms in total. The van der Waals surface area contributed by atoms with Gasteiger partial charge in [-0.1, -0.05) is 32.4 Å². The Bertz CT molecular complexity index is 806. The van der Waals surface area contributed by atoms with Crippen LogP contribution in [-0.4, -0.2) is 32.2 Å². The van der Waals surface area contributed by atoms with Gasteiger partial charge in [-0.2, -0.15) is 0 Å². The number of carbonyl (C=O) groups is 2. The fourth-order valence-electron chi connectivity index (χ4n) is 2.78. The van der Waals surface area contributed by atoms with Crippen LogP contribution in [0.15, 0.2) is 29.1 Å². The highest BCUT2D eigenvalue weighted by molar-refractivity contribution is 5.85. The van der Waals surface area contributed by atoms with Crippen molar-refractivity contribution in [2.75, 3.05) is 0 Å². The highest BCUT2D eigenvalue weighted by atomic mass is 16.4. The number of benzene rings is 1. The lowest BCUT2D eigenvalue weighted by Crippen LogP contribution is -2.46. The molecule has 1 aromatic carbocycles. The van der Waals surface area contributed by atoms with Gasteiger partial charge in [0.2, 0.25) is 5.91 Å². The monoisotopic (exact) mass is 333 g/mol. The summed E-state index contributed by atoms with van der Waals surface area (Å²) in [6, 6.07) is 6.28. The van der Waals surface area contributed by atoms with Crippen LogP contribution in [-0.2, 0) is 22.7 Å². The van der Waals surface area contributed by atoms with Gasteiger partial charge in [-0.05, 0) is 25.0 Å².